The predicted octanol–water partition coefficient (Wildman–Crippen LogP) is 3.03. The van der Waals surface area contributed by atoms with Crippen molar-refractivity contribution in [3.05, 3.63) is 29.8 Å². The van der Waals surface area contributed by atoms with E-state index in [0.717, 1.165) is 11.3 Å². The fourth-order valence-corrected chi connectivity index (χ4v) is 1.49. The predicted molar refractivity (Wildman–Crippen MR) is 66.8 cm³/mol. The summed E-state index contributed by atoms with van der Waals surface area (Å²) in [6, 6.07) is 7.94. The first kappa shape index (κ1) is 13.0. The van der Waals surface area contributed by atoms with E-state index >= 15 is 0 Å². The summed E-state index contributed by atoms with van der Waals surface area (Å²) in [7, 11) is 0. The number of ether oxygens (including phenoxy) is 1. The average Bonchev–Trinajstić information content (AvgIpc) is 2.21. The Morgan fingerprint density at radius 3 is 2.25 bits per heavy atom. The summed E-state index contributed by atoms with van der Waals surface area (Å²) in [6.45, 7) is 8.61. The van der Waals surface area contributed by atoms with Crippen molar-refractivity contribution in [3.8, 4) is 5.75 Å². The van der Waals surface area contributed by atoms with Crippen molar-refractivity contribution in [1.29, 1.82) is 0 Å². The molecule has 0 radical (unpaired) electrons. The first-order chi connectivity index (χ1) is 7.45. The zero-order valence-corrected chi connectivity index (χ0v) is 10.7. The van der Waals surface area contributed by atoms with E-state index in [1.54, 1.807) is 0 Å². The van der Waals surface area contributed by atoms with E-state index in [1.165, 1.54) is 0 Å². The number of hydrogen-bond donors (Lipinski definition) is 1. The molecule has 0 aliphatic rings. The lowest BCUT2D eigenvalue weighted by Crippen LogP contribution is -2.33. The molecular formula is C14H22O2. The Labute approximate surface area is 98.3 Å². The van der Waals surface area contributed by atoms with Gasteiger partial charge in [-0.3, -0.25) is 0 Å². The average molecular weight is 222 g/mol. The molecule has 1 N–H and O–H groups in total. The molecule has 0 saturated heterocycles. The van der Waals surface area contributed by atoms with Gasteiger partial charge < -0.3 is 9.84 Å². The maximum Gasteiger partial charge on any atom is 0.119 e. The van der Waals surface area contributed by atoms with Crippen LogP contribution in [0.25, 0.3) is 0 Å². The van der Waals surface area contributed by atoms with Crippen LogP contribution in [0.1, 0.15) is 33.3 Å². The summed E-state index contributed by atoms with van der Waals surface area (Å²) >= 11 is 0. The number of hydrogen-bond acceptors (Lipinski definition) is 2. The third-order valence-corrected chi connectivity index (χ3v) is 3.04. The highest BCUT2D eigenvalue weighted by Crippen LogP contribution is 2.22. The highest BCUT2D eigenvalue weighted by Gasteiger charge is 2.24. The standard InChI is InChI=1S/C14H22O2/c1-5-16-13-8-6-12(7-9-13)10-14(4,15)11(2)3/h6-9,11,15H,5,10H2,1-4H3. The Hall–Kier alpha value is -1.02. The van der Waals surface area contributed by atoms with Crippen LogP contribution < -0.4 is 4.74 Å². The van der Waals surface area contributed by atoms with Crippen LogP contribution in [-0.2, 0) is 6.42 Å². The Morgan fingerprint density at radius 1 is 1.25 bits per heavy atom. The molecule has 0 aliphatic heterocycles. The number of aliphatic hydroxyl groups is 1. The summed E-state index contributed by atoms with van der Waals surface area (Å²) in [6.07, 6.45) is 0.678. The van der Waals surface area contributed by atoms with Gasteiger partial charge in [0, 0.05) is 6.42 Å². The zero-order valence-electron chi connectivity index (χ0n) is 10.7. The molecule has 0 saturated carbocycles. The molecule has 2 heteroatoms. The minimum Gasteiger partial charge on any atom is -0.494 e. The van der Waals surface area contributed by atoms with Crippen molar-refractivity contribution in [2.75, 3.05) is 6.61 Å². The van der Waals surface area contributed by atoms with Gasteiger partial charge in [-0.2, -0.15) is 0 Å². The lowest BCUT2D eigenvalue weighted by molar-refractivity contribution is 0.0139. The maximum atomic E-state index is 10.2. The molecule has 0 fully saturated rings. The SMILES string of the molecule is CCOc1ccc(CC(C)(O)C(C)C)cc1. The molecule has 16 heavy (non-hydrogen) atoms. The van der Waals surface area contributed by atoms with Crippen molar-refractivity contribution in [2.45, 2.75) is 39.7 Å². The van der Waals surface area contributed by atoms with Crippen LogP contribution >= 0.6 is 0 Å². The molecule has 0 aliphatic carbocycles. The molecule has 1 atom stereocenters. The van der Waals surface area contributed by atoms with Crippen molar-refractivity contribution in [1.82, 2.24) is 0 Å². The molecule has 0 spiro atoms. The fraction of sp³-hybridized carbons (Fsp3) is 0.571. The summed E-state index contributed by atoms with van der Waals surface area (Å²) < 4.78 is 5.38. The van der Waals surface area contributed by atoms with Gasteiger partial charge in [0.2, 0.25) is 0 Å². The molecule has 0 amide bonds. The molecule has 0 heterocycles. The highest BCUT2D eigenvalue weighted by molar-refractivity contribution is 5.28. The molecule has 1 unspecified atom stereocenters. The molecule has 1 aromatic carbocycles. The first-order valence-corrected chi connectivity index (χ1v) is 5.90. The number of benzene rings is 1. The first-order valence-electron chi connectivity index (χ1n) is 5.90. The molecule has 90 valence electrons. The summed E-state index contributed by atoms with van der Waals surface area (Å²) in [4.78, 5) is 0. The molecular weight excluding hydrogens is 200 g/mol. The minimum atomic E-state index is -0.646. The summed E-state index contributed by atoms with van der Waals surface area (Å²) in [5, 5.41) is 10.2. The van der Waals surface area contributed by atoms with Crippen molar-refractivity contribution < 1.29 is 9.84 Å². The van der Waals surface area contributed by atoms with Crippen molar-refractivity contribution in [2.24, 2.45) is 5.92 Å². The van der Waals surface area contributed by atoms with Gasteiger partial charge in [0.05, 0.1) is 12.2 Å². The minimum absolute atomic E-state index is 0.249. The van der Waals surface area contributed by atoms with Gasteiger partial charge >= 0.3 is 0 Å². The van der Waals surface area contributed by atoms with E-state index in [4.69, 9.17) is 4.74 Å². The van der Waals surface area contributed by atoms with Crippen LogP contribution in [-0.4, -0.2) is 17.3 Å². The third kappa shape index (κ3) is 3.53. The summed E-state index contributed by atoms with van der Waals surface area (Å²) in [5.41, 5.74) is 0.495. The smallest absolute Gasteiger partial charge is 0.119 e. The molecule has 1 aromatic rings. The van der Waals surface area contributed by atoms with Gasteiger partial charge in [-0.15, -0.1) is 0 Å². The van der Waals surface area contributed by atoms with Crippen LogP contribution in [0, 0.1) is 5.92 Å². The van der Waals surface area contributed by atoms with E-state index < -0.39 is 5.60 Å². The number of rotatable bonds is 5. The van der Waals surface area contributed by atoms with E-state index in [-0.39, 0.29) is 5.92 Å². The van der Waals surface area contributed by atoms with Gasteiger partial charge in [-0.25, -0.2) is 0 Å². The Balaban J connectivity index is 2.68. The Morgan fingerprint density at radius 2 is 1.81 bits per heavy atom. The Bertz CT molecular complexity index is 312. The van der Waals surface area contributed by atoms with Gasteiger partial charge in [-0.1, -0.05) is 26.0 Å². The zero-order chi connectivity index (χ0) is 12.2. The van der Waals surface area contributed by atoms with Gasteiger partial charge in [0.1, 0.15) is 5.75 Å². The topological polar surface area (TPSA) is 29.5 Å². The van der Waals surface area contributed by atoms with Crippen LogP contribution in [0.3, 0.4) is 0 Å². The third-order valence-electron chi connectivity index (χ3n) is 3.04. The van der Waals surface area contributed by atoms with Gasteiger partial charge in [0.25, 0.3) is 0 Å². The molecule has 2 nitrogen and oxygen atoms in total. The van der Waals surface area contributed by atoms with Gasteiger partial charge in [-0.05, 0) is 37.5 Å². The lowest BCUT2D eigenvalue weighted by Gasteiger charge is -2.27. The second-order valence-electron chi connectivity index (χ2n) is 4.77. The van der Waals surface area contributed by atoms with E-state index in [1.807, 2.05) is 52.0 Å². The molecule has 0 bridgehead atoms. The Kier molecular flexibility index (Phi) is 4.36. The largest absolute Gasteiger partial charge is 0.494 e. The van der Waals surface area contributed by atoms with E-state index in [0.29, 0.717) is 13.0 Å². The summed E-state index contributed by atoms with van der Waals surface area (Å²) in [5.74, 6) is 1.13. The van der Waals surface area contributed by atoms with E-state index in [2.05, 4.69) is 0 Å². The quantitative estimate of drug-likeness (QED) is 0.829. The maximum absolute atomic E-state index is 10.2. The molecule has 0 aromatic heterocycles. The van der Waals surface area contributed by atoms with Crippen LogP contribution in [0.5, 0.6) is 5.75 Å². The lowest BCUT2D eigenvalue weighted by atomic mass is 9.86. The van der Waals surface area contributed by atoms with Crippen LogP contribution in [0.2, 0.25) is 0 Å². The second-order valence-corrected chi connectivity index (χ2v) is 4.77. The second kappa shape index (κ2) is 5.35. The highest BCUT2D eigenvalue weighted by atomic mass is 16.5. The van der Waals surface area contributed by atoms with Crippen LogP contribution in [0.15, 0.2) is 24.3 Å². The van der Waals surface area contributed by atoms with Crippen molar-refractivity contribution in [3.63, 3.8) is 0 Å². The monoisotopic (exact) mass is 222 g/mol. The van der Waals surface area contributed by atoms with Crippen LogP contribution in [0.4, 0.5) is 0 Å². The van der Waals surface area contributed by atoms with Gasteiger partial charge in [0.15, 0.2) is 0 Å². The molecule has 1 rings (SSSR count). The fourth-order valence-electron chi connectivity index (χ4n) is 1.49. The van der Waals surface area contributed by atoms with Crippen molar-refractivity contribution >= 4 is 0 Å². The van der Waals surface area contributed by atoms with E-state index in [9.17, 15) is 5.11 Å². The normalized spacial score (nSPS) is 14.9.